The summed E-state index contributed by atoms with van der Waals surface area (Å²) in [5.41, 5.74) is 8.39. The molecule has 1 aliphatic carbocycles. The van der Waals surface area contributed by atoms with Crippen LogP contribution in [0.4, 0.5) is 0 Å². The lowest BCUT2D eigenvalue weighted by atomic mass is 9.95. The van der Waals surface area contributed by atoms with E-state index in [2.05, 4.69) is 29.4 Å². The molecule has 2 aliphatic rings. The van der Waals surface area contributed by atoms with Gasteiger partial charge in [0.05, 0.1) is 31.0 Å². The number of carbonyl (C=O) groups is 1. The normalized spacial score (nSPS) is 16.4. The van der Waals surface area contributed by atoms with Gasteiger partial charge in [-0.15, -0.1) is 11.3 Å². The van der Waals surface area contributed by atoms with Gasteiger partial charge in [-0.05, 0) is 73.8 Å². The number of methoxy groups -OCH3 is 1. The van der Waals surface area contributed by atoms with E-state index in [4.69, 9.17) is 18.9 Å². The smallest absolute Gasteiger partial charge is 0.344 e. The molecule has 0 saturated heterocycles. The summed E-state index contributed by atoms with van der Waals surface area (Å²) in [7, 11) is 1.73. The first-order valence-corrected chi connectivity index (χ1v) is 14.8. The van der Waals surface area contributed by atoms with Crippen LogP contribution in [0, 0.1) is 5.92 Å². The van der Waals surface area contributed by atoms with Crippen LogP contribution in [-0.2, 0) is 35.4 Å². The van der Waals surface area contributed by atoms with Crippen LogP contribution in [0.3, 0.4) is 0 Å². The summed E-state index contributed by atoms with van der Waals surface area (Å²) in [5.74, 6) is 2.18. The minimum absolute atomic E-state index is 0.491. The zero-order chi connectivity index (χ0) is 27.2. The summed E-state index contributed by atoms with van der Waals surface area (Å²) in [6, 6.07) is 8.17. The Hall–Kier alpha value is -3.10. The number of fused-ring (bicyclic) bond motifs is 1. The van der Waals surface area contributed by atoms with Crippen LogP contribution in [0.1, 0.15) is 61.3 Å². The fourth-order valence-electron chi connectivity index (χ4n) is 5.24. The van der Waals surface area contributed by atoms with Gasteiger partial charge in [-0.3, -0.25) is 0 Å². The number of nitrogens with zero attached hydrogens (tertiary/aromatic N) is 1. The summed E-state index contributed by atoms with van der Waals surface area (Å²) >= 11 is 1.60. The summed E-state index contributed by atoms with van der Waals surface area (Å²) in [4.78, 5) is 16.1. The minimum Gasteiger partial charge on any atom is -0.493 e. The maximum absolute atomic E-state index is 11.5. The van der Waals surface area contributed by atoms with Crippen LogP contribution in [0.25, 0.3) is 11.3 Å². The molecule has 5 rings (SSSR count). The molecule has 8 heteroatoms. The highest BCUT2D eigenvalue weighted by molar-refractivity contribution is 7.07. The maximum atomic E-state index is 11.5. The van der Waals surface area contributed by atoms with Crippen LogP contribution in [0.15, 0.2) is 35.2 Å². The Bertz CT molecular complexity index is 1270. The van der Waals surface area contributed by atoms with E-state index in [1.807, 2.05) is 17.6 Å². The van der Waals surface area contributed by atoms with Crippen molar-refractivity contribution in [1.29, 1.82) is 0 Å². The van der Waals surface area contributed by atoms with Crippen molar-refractivity contribution < 1.29 is 28.8 Å². The summed E-state index contributed by atoms with van der Waals surface area (Å²) < 4.78 is 24.0. The lowest BCUT2D eigenvalue weighted by Crippen LogP contribution is -2.31. The molecule has 1 aromatic heterocycles. The first kappa shape index (κ1) is 27.5. The molecule has 1 atom stereocenters. The van der Waals surface area contributed by atoms with Crippen molar-refractivity contribution >= 4 is 17.3 Å². The molecule has 0 amide bonds. The third-order valence-corrected chi connectivity index (χ3v) is 7.98. The number of carboxylic acid groups (broad SMARTS) is 1. The number of ether oxygens (including phenoxy) is 4. The highest BCUT2D eigenvalue weighted by Gasteiger charge is 2.29. The van der Waals surface area contributed by atoms with Crippen LogP contribution >= 0.6 is 11.3 Å². The molecule has 0 unspecified atom stereocenters. The van der Waals surface area contributed by atoms with Gasteiger partial charge in [0.1, 0.15) is 17.2 Å². The van der Waals surface area contributed by atoms with E-state index >= 15 is 0 Å². The molecule has 3 aromatic rings. The van der Waals surface area contributed by atoms with Gasteiger partial charge < -0.3 is 24.1 Å². The van der Waals surface area contributed by atoms with E-state index in [0.29, 0.717) is 44.3 Å². The van der Waals surface area contributed by atoms with E-state index in [0.717, 1.165) is 59.6 Å². The van der Waals surface area contributed by atoms with E-state index in [9.17, 15) is 9.90 Å². The maximum Gasteiger partial charge on any atom is 0.344 e. The lowest BCUT2D eigenvalue weighted by Gasteiger charge is -2.26. The van der Waals surface area contributed by atoms with E-state index in [1.54, 1.807) is 18.4 Å². The fourth-order valence-corrected chi connectivity index (χ4v) is 5.80. The molecule has 1 aliphatic heterocycles. The van der Waals surface area contributed by atoms with Crippen molar-refractivity contribution in [2.24, 2.45) is 5.92 Å². The number of aromatic nitrogens is 1. The average Bonchev–Trinajstić information content (AvgIpc) is 3.59. The molecule has 1 saturated carbocycles. The molecule has 1 fully saturated rings. The van der Waals surface area contributed by atoms with Crippen LogP contribution in [0.5, 0.6) is 17.2 Å². The van der Waals surface area contributed by atoms with Gasteiger partial charge in [0.2, 0.25) is 0 Å². The molecule has 7 nitrogen and oxygen atoms in total. The number of thiazole rings is 1. The fraction of sp³-hybridized carbons (Fsp3) is 0.484. The molecule has 2 aromatic carbocycles. The second-order valence-electron chi connectivity index (χ2n) is 10.3. The van der Waals surface area contributed by atoms with Gasteiger partial charge in [-0.2, -0.15) is 0 Å². The van der Waals surface area contributed by atoms with Crippen molar-refractivity contribution in [2.45, 2.75) is 71.0 Å². The van der Waals surface area contributed by atoms with E-state index in [-0.39, 0.29) is 0 Å². The van der Waals surface area contributed by atoms with Crippen molar-refractivity contribution in [2.75, 3.05) is 20.3 Å². The summed E-state index contributed by atoms with van der Waals surface area (Å²) in [5, 5.41) is 11.5. The van der Waals surface area contributed by atoms with Crippen LogP contribution < -0.4 is 14.2 Å². The van der Waals surface area contributed by atoms with Gasteiger partial charge >= 0.3 is 5.97 Å². The minimum atomic E-state index is -0.916. The Kier molecular flexibility index (Phi) is 9.04. The zero-order valence-corrected chi connectivity index (χ0v) is 23.6. The third kappa shape index (κ3) is 6.56. The molecule has 0 radical (unpaired) electrons. The van der Waals surface area contributed by atoms with Crippen molar-refractivity contribution in [3.8, 4) is 28.5 Å². The number of hydrogen-bond acceptors (Lipinski definition) is 7. The van der Waals surface area contributed by atoms with Crippen LogP contribution in [-0.4, -0.2) is 42.5 Å². The Morgan fingerprint density at radius 3 is 2.51 bits per heavy atom. The highest BCUT2D eigenvalue weighted by atomic mass is 32.1. The van der Waals surface area contributed by atoms with Gasteiger partial charge in [-0.1, -0.05) is 19.4 Å². The first-order chi connectivity index (χ1) is 19.1. The lowest BCUT2D eigenvalue weighted by molar-refractivity contribution is -0.145. The predicted octanol–water partition coefficient (Wildman–Crippen LogP) is 6.49. The second kappa shape index (κ2) is 12.8. The van der Waals surface area contributed by atoms with Gasteiger partial charge in [0.25, 0.3) is 0 Å². The number of aryl methyl sites for hydroxylation is 1. The van der Waals surface area contributed by atoms with Gasteiger partial charge in [0.15, 0.2) is 6.10 Å². The van der Waals surface area contributed by atoms with Gasteiger partial charge in [0, 0.05) is 35.6 Å². The molecule has 1 N–H and O–H groups in total. The summed E-state index contributed by atoms with van der Waals surface area (Å²) in [6.07, 6.45) is 6.33. The number of hydrogen-bond donors (Lipinski definition) is 1. The highest BCUT2D eigenvalue weighted by Crippen LogP contribution is 2.41. The molecule has 0 spiro atoms. The number of rotatable bonds is 14. The Balaban J connectivity index is 1.25. The SMILES string of the molecule is CCCc1c(OCCCOc2ccc(-c3cscn3)c(COC)c2CC2CC2)ccc2c1O[C@@H](C(=O)O)CC2. The van der Waals surface area contributed by atoms with Crippen molar-refractivity contribution in [1.82, 2.24) is 4.98 Å². The Labute approximate surface area is 234 Å². The molecular formula is C31H37NO6S. The van der Waals surface area contributed by atoms with Crippen molar-refractivity contribution in [3.63, 3.8) is 0 Å². The molecule has 39 heavy (non-hydrogen) atoms. The Morgan fingerprint density at radius 1 is 1.08 bits per heavy atom. The Morgan fingerprint density at radius 2 is 1.85 bits per heavy atom. The molecule has 2 heterocycles. The van der Waals surface area contributed by atoms with Crippen LogP contribution in [0.2, 0.25) is 0 Å². The van der Waals surface area contributed by atoms with Gasteiger partial charge in [-0.25, -0.2) is 9.78 Å². The average molecular weight is 552 g/mol. The number of carboxylic acids is 1. The predicted molar refractivity (Wildman–Crippen MR) is 151 cm³/mol. The monoisotopic (exact) mass is 551 g/mol. The zero-order valence-electron chi connectivity index (χ0n) is 22.7. The number of aliphatic carboxylic acids is 1. The molecular weight excluding hydrogens is 514 g/mol. The summed E-state index contributed by atoms with van der Waals surface area (Å²) in [6.45, 7) is 3.66. The van der Waals surface area contributed by atoms with E-state index < -0.39 is 12.1 Å². The third-order valence-electron chi connectivity index (χ3n) is 7.39. The van der Waals surface area contributed by atoms with Crippen molar-refractivity contribution in [3.05, 3.63) is 57.4 Å². The molecule has 208 valence electrons. The topological polar surface area (TPSA) is 87.1 Å². The number of benzene rings is 2. The first-order valence-electron chi connectivity index (χ1n) is 13.9. The quantitative estimate of drug-likeness (QED) is 0.229. The largest absolute Gasteiger partial charge is 0.493 e. The second-order valence-corrected chi connectivity index (χ2v) is 11.1. The standard InChI is InChI=1S/C31H37NO6S/c1-3-5-23-27(11-8-21-9-12-29(31(33)34)38-30(21)23)36-14-4-15-37-28-13-10-22(26-18-39-19-32-26)25(17-35-2)24(28)16-20-6-7-20/h8,10-11,13,18-20,29H,3-7,9,12,14-17H2,1-2H3,(H,33,34)/t29-/m1/s1. The van der Waals surface area contributed by atoms with E-state index in [1.165, 1.54) is 24.0 Å². The molecule has 0 bridgehead atoms.